The summed E-state index contributed by atoms with van der Waals surface area (Å²) in [5.41, 5.74) is 6.49. The Bertz CT molecular complexity index is 824. The van der Waals surface area contributed by atoms with E-state index in [2.05, 4.69) is 4.98 Å². The smallest absolute Gasteiger partial charge is 0.273 e. The molecule has 2 N–H and O–H groups in total. The third-order valence-electron chi connectivity index (χ3n) is 4.43. The number of carbonyl (C=O) groups is 2. The fraction of sp³-hybridized carbons (Fsp3) is 0.353. The number of carbonyl (C=O) groups excluding carboxylic acids is 2. The normalized spacial score (nSPS) is 20.5. The minimum atomic E-state index is -0.364. The van der Waals surface area contributed by atoms with E-state index in [-0.39, 0.29) is 23.8 Å². The number of rotatable bonds is 3. The van der Waals surface area contributed by atoms with Crippen LogP contribution in [-0.2, 0) is 4.79 Å². The van der Waals surface area contributed by atoms with E-state index in [1.807, 2.05) is 6.92 Å². The van der Waals surface area contributed by atoms with Crippen LogP contribution < -0.4 is 5.73 Å². The summed E-state index contributed by atoms with van der Waals surface area (Å²) in [7, 11) is 0. The Kier molecular flexibility index (Phi) is 5.32. The summed E-state index contributed by atoms with van der Waals surface area (Å²) < 4.78 is 0. The number of nitrogens with two attached hydrogens (primary N) is 1. The highest BCUT2D eigenvalue weighted by atomic mass is 35.5. The van der Waals surface area contributed by atoms with Crippen molar-refractivity contribution >= 4 is 46.4 Å². The standard InChI is InChI=1S/C17H17Cl2N3O2S/c1-9-2-3-10(15(20)23)7-22(9)17(24)14-8-25-16(21-14)12-5-4-11(18)6-13(12)19/h4-6,8-10H,2-3,7H2,1H3,(H2,20,23). The number of likely N-dealkylation sites (tertiary alicyclic amines) is 1. The second-order valence-electron chi connectivity index (χ2n) is 6.15. The monoisotopic (exact) mass is 397 g/mol. The van der Waals surface area contributed by atoms with Crippen molar-refractivity contribution in [3.05, 3.63) is 39.3 Å². The van der Waals surface area contributed by atoms with Crippen molar-refractivity contribution in [1.82, 2.24) is 9.88 Å². The number of piperidine rings is 1. The molecule has 1 aliphatic rings. The minimum absolute atomic E-state index is 0.0485. The molecule has 0 radical (unpaired) electrons. The molecule has 0 saturated carbocycles. The predicted molar refractivity (Wildman–Crippen MR) is 100.0 cm³/mol. The molecule has 0 spiro atoms. The van der Waals surface area contributed by atoms with E-state index in [4.69, 9.17) is 28.9 Å². The minimum Gasteiger partial charge on any atom is -0.369 e. The van der Waals surface area contributed by atoms with Crippen LogP contribution in [0.4, 0.5) is 0 Å². The molecule has 3 rings (SSSR count). The summed E-state index contributed by atoms with van der Waals surface area (Å²) in [5, 5.41) is 3.40. The van der Waals surface area contributed by atoms with Gasteiger partial charge in [0.05, 0.1) is 10.9 Å². The Hall–Kier alpha value is -1.63. The van der Waals surface area contributed by atoms with E-state index >= 15 is 0 Å². The van der Waals surface area contributed by atoms with Crippen LogP contribution in [0, 0.1) is 5.92 Å². The molecular weight excluding hydrogens is 381 g/mol. The lowest BCUT2D eigenvalue weighted by atomic mass is 9.93. The molecule has 1 aliphatic heterocycles. The lowest BCUT2D eigenvalue weighted by molar-refractivity contribution is -0.123. The Morgan fingerprint density at radius 1 is 1.32 bits per heavy atom. The predicted octanol–water partition coefficient (Wildman–Crippen LogP) is 3.84. The Labute approximate surface area is 159 Å². The Balaban J connectivity index is 1.83. The van der Waals surface area contributed by atoms with E-state index < -0.39 is 0 Å². The van der Waals surface area contributed by atoms with Crippen LogP contribution in [0.3, 0.4) is 0 Å². The first-order valence-corrected chi connectivity index (χ1v) is 9.51. The molecule has 0 aliphatic carbocycles. The molecule has 8 heteroatoms. The lowest BCUT2D eigenvalue weighted by Gasteiger charge is -2.36. The van der Waals surface area contributed by atoms with Crippen LogP contribution in [0.15, 0.2) is 23.6 Å². The summed E-state index contributed by atoms with van der Waals surface area (Å²) in [4.78, 5) is 30.4. The van der Waals surface area contributed by atoms with Gasteiger partial charge in [-0.05, 0) is 38.0 Å². The SMILES string of the molecule is CC1CCC(C(N)=O)CN1C(=O)c1csc(-c2ccc(Cl)cc2Cl)n1. The van der Waals surface area contributed by atoms with Crippen LogP contribution >= 0.6 is 34.5 Å². The average Bonchev–Trinajstić information content (AvgIpc) is 3.04. The van der Waals surface area contributed by atoms with Gasteiger partial charge in [0.1, 0.15) is 10.7 Å². The zero-order chi connectivity index (χ0) is 18.1. The van der Waals surface area contributed by atoms with Crippen molar-refractivity contribution < 1.29 is 9.59 Å². The van der Waals surface area contributed by atoms with Crippen molar-refractivity contribution in [2.24, 2.45) is 11.7 Å². The molecule has 2 amide bonds. The summed E-state index contributed by atoms with van der Waals surface area (Å²) >= 11 is 13.5. The highest BCUT2D eigenvalue weighted by Gasteiger charge is 2.33. The zero-order valence-corrected chi connectivity index (χ0v) is 15.9. The van der Waals surface area contributed by atoms with Gasteiger partial charge in [-0.2, -0.15) is 0 Å². The third-order valence-corrected chi connectivity index (χ3v) is 5.85. The maximum absolute atomic E-state index is 12.8. The second-order valence-corrected chi connectivity index (χ2v) is 7.85. The highest BCUT2D eigenvalue weighted by Crippen LogP contribution is 2.33. The number of halogens is 2. The van der Waals surface area contributed by atoms with Gasteiger partial charge >= 0.3 is 0 Å². The summed E-state index contributed by atoms with van der Waals surface area (Å²) in [6.45, 7) is 2.31. The van der Waals surface area contributed by atoms with Gasteiger partial charge in [0.2, 0.25) is 5.91 Å². The summed E-state index contributed by atoms with van der Waals surface area (Å²) in [6.07, 6.45) is 1.46. The Morgan fingerprint density at radius 2 is 2.08 bits per heavy atom. The fourth-order valence-corrected chi connectivity index (χ4v) is 4.31. The Morgan fingerprint density at radius 3 is 2.76 bits per heavy atom. The van der Waals surface area contributed by atoms with Crippen LogP contribution in [0.1, 0.15) is 30.3 Å². The molecule has 25 heavy (non-hydrogen) atoms. The topological polar surface area (TPSA) is 76.3 Å². The van der Waals surface area contributed by atoms with Crippen LogP contribution in [0.25, 0.3) is 10.6 Å². The third kappa shape index (κ3) is 3.81. The largest absolute Gasteiger partial charge is 0.369 e. The van der Waals surface area contributed by atoms with Crippen molar-refractivity contribution in [3.63, 3.8) is 0 Å². The van der Waals surface area contributed by atoms with E-state index in [0.29, 0.717) is 33.7 Å². The van der Waals surface area contributed by atoms with Gasteiger partial charge in [0.25, 0.3) is 5.91 Å². The van der Waals surface area contributed by atoms with Gasteiger partial charge in [0, 0.05) is 28.6 Å². The van der Waals surface area contributed by atoms with E-state index in [9.17, 15) is 9.59 Å². The number of aromatic nitrogens is 1. The van der Waals surface area contributed by atoms with Crippen LogP contribution in [-0.4, -0.2) is 34.3 Å². The number of primary amides is 1. The number of benzene rings is 1. The fourth-order valence-electron chi connectivity index (χ4n) is 2.93. The maximum atomic E-state index is 12.8. The number of hydrogen-bond acceptors (Lipinski definition) is 4. The summed E-state index contributed by atoms with van der Waals surface area (Å²) in [5.74, 6) is -0.855. The van der Waals surface area contributed by atoms with Crippen molar-refractivity contribution in [1.29, 1.82) is 0 Å². The maximum Gasteiger partial charge on any atom is 0.273 e. The number of thiazole rings is 1. The molecule has 2 aromatic rings. The van der Waals surface area contributed by atoms with Crippen molar-refractivity contribution in [2.75, 3.05) is 6.54 Å². The molecule has 0 bridgehead atoms. The van der Waals surface area contributed by atoms with E-state index in [1.165, 1.54) is 11.3 Å². The first-order valence-electron chi connectivity index (χ1n) is 7.88. The average molecular weight is 398 g/mol. The number of nitrogens with zero attached hydrogens (tertiary/aromatic N) is 2. The lowest BCUT2D eigenvalue weighted by Crippen LogP contribution is -2.48. The molecule has 5 nitrogen and oxygen atoms in total. The van der Waals surface area contributed by atoms with Crippen molar-refractivity contribution in [2.45, 2.75) is 25.8 Å². The van der Waals surface area contributed by atoms with Crippen LogP contribution in [0.2, 0.25) is 10.0 Å². The zero-order valence-electron chi connectivity index (χ0n) is 13.5. The van der Waals surface area contributed by atoms with E-state index in [0.717, 1.165) is 12.0 Å². The first-order chi connectivity index (χ1) is 11.9. The molecule has 2 heterocycles. The molecule has 132 valence electrons. The summed E-state index contributed by atoms with van der Waals surface area (Å²) in [6, 6.07) is 5.21. The van der Waals surface area contributed by atoms with Gasteiger partial charge in [-0.15, -0.1) is 11.3 Å². The van der Waals surface area contributed by atoms with Gasteiger partial charge in [0.15, 0.2) is 0 Å². The van der Waals surface area contributed by atoms with Crippen molar-refractivity contribution in [3.8, 4) is 10.6 Å². The molecule has 1 fully saturated rings. The van der Waals surface area contributed by atoms with Gasteiger partial charge in [-0.3, -0.25) is 9.59 Å². The number of amides is 2. The molecule has 1 aromatic heterocycles. The van der Waals surface area contributed by atoms with Gasteiger partial charge < -0.3 is 10.6 Å². The van der Waals surface area contributed by atoms with E-state index in [1.54, 1.807) is 28.5 Å². The molecule has 2 atom stereocenters. The highest BCUT2D eigenvalue weighted by molar-refractivity contribution is 7.13. The number of hydrogen-bond donors (Lipinski definition) is 1. The molecular formula is C17H17Cl2N3O2S. The second kappa shape index (κ2) is 7.32. The van der Waals surface area contributed by atoms with Crippen LogP contribution in [0.5, 0.6) is 0 Å². The van der Waals surface area contributed by atoms with Gasteiger partial charge in [-0.1, -0.05) is 23.2 Å². The molecule has 2 unspecified atom stereocenters. The quantitative estimate of drug-likeness (QED) is 0.854. The first kappa shape index (κ1) is 18.2. The van der Waals surface area contributed by atoms with Gasteiger partial charge in [-0.25, -0.2) is 4.98 Å². The molecule has 1 saturated heterocycles. The molecule has 1 aromatic carbocycles.